The van der Waals surface area contributed by atoms with Crippen LogP contribution in [0, 0.1) is 0 Å². The molecule has 178 valence electrons. The van der Waals surface area contributed by atoms with E-state index in [0.29, 0.717) is 29.3 Å². The van der Waals surface area contributed by atoms with Crippen LogP contribution >= 0.6 is 22.9 Å². The van der Waals surface area contributed by atoms with Gasteiger partial charge in [-0.15, -0.1) is 11.3 Å². The van der Waals surface area contributed by atoms with E-state index in [1.54, 1.807) is 23.1 Å². The van der Waals surface area contributed by atoms with Crippen LogP contribution in [0.2, 0.25) is 5.02 Å². The SMILES string of the molecule is COc1cc(/C(O)=C2/C(=O)C(=O)N(CCc3cn(C)c4ccccc34)C2c2cccs2)ccc1Cl. The molecule has 2 aromatic heterocycles. The van der Waals surface area contributed by atoms with Gasteiger partial charge in [-0.05, 0) is 47.7 Å². The summed E-state index contributed by atoms with van der Waals surface area (Å²) in [5, 5.41) is 14.6. The number of ether oxygens (including phenoxy) is 1. The summed E-state index contributed by atoms with van der Waals surface area (Å²) >= 11 is 7.58. The minimum Gasteiger partial charge on any atom is -0.507 e. The number of amides is 1. The fourth-order valence-electron chi connectivity index (χ4n) is 4.68. The Morgan fingerprint density at radius 2 is 1.94 bits per heavy atom. The molecule has 1 aliphatic rings. The molecule has 0 radical (unpaired) electrons. The van der Waals surface area contributed by atoms with Gasteiger partial charge in [-0.3, -0.25) is 9.59 Å². The number of carbonyl (C=O) groups excluding carboxylic acids is 2. The maximum atomic E-state index is 13.2. The molecule has 2 aromatic carbocycles. The molecule has 0 saturated carbocycles. The third-order valence-corrected chi connectivity index (χ3v) is 7.62. The number of fused-ring (bicyclic) bond motifs is 1. The number of halogens is 1. The lowest BCUT2D eigenvalue weighted by atomic mass is 9.99. The average molecular weight is 507 g/mol. The van der Waals surface area contributed by atoms with E-state index < -0.39 is 17.7 Å². The Kier molecular flexibility index (Phi) is 6.13. The zero-order chi connectivity index (χ0) is 24.7. The number of benzene rings is 2. The number of carbonyl (C=O) groups is 2. The Hall–Kier alpha value is -3.55. The summed E-state index contributed by atoms with van der Waals surface area (Å²) in [5.41, 5.74) is 2.63. The van der Waals surface area contributed by atoms with E-state index in [1.165, 1.54) is 18.4 Å². The van der Waals surface area contributed by atoms with Gasteiger partial charge in [-0.2, -0.15) is 0 Å². The van der Waals surface area contributed by atoms with Gasteiger partial charge in [0.25, 0.3) is 11.7 Å². The molecule has 1 unspecified atom stereocenters. The number of hydrogen-bond acceptors (Lipinski definition) is 5. The van der Waals surface area contributed by atoms with E-state index >= 15 is 0 Å². The first-order valence-corrected chi connectivity index (χ1v) is 12.3. The molecule has 0 aliphatic carbocycles. The summed E-state index contributed by atoms with van der Waals surface area (Å²) in [4.78, 5) is 28.8. The topological polar surface area (TPSA) is 71.8 Å². The van der Waals surface area contributed by atoms with Crippen molar-refractivity contribution in [2.45, 2.75) is 12.5 Å². The Morgan fingerprint density at radius 1 is 1.14 bits per heavy atom. The number of rotatable bonds is 6. The Morgan fingerprint density at radius 3 is 2.69 bits per heavy atom. The number of ketones is 1. The fraction of sp³-hybridized carbons (Fsp3) is 0.185. The van der Waals surface area contributed by atoms with Crippen LogP contribution in [0.25, 0.3) is 16.7 Å². The number of aryl methyl sites for hydroxylation is 1. The van der Waals surface area contributed by atoms with E-state index in [9.17, 15) is 14.7 Å². The Labute approximate surface area is 211 Å². The molecule has 1 fully saturated rings. The third kappa shape index (κ3) is 4.00. The van der Waals surface area contributed by atoms with Crippen LogP contribution in [0.4, 0.5) is 0 Å². The van der Waals surface area contributed by atoms with Crippen molar-refractivity contribution in [2.75, 3.05) is 13.7 Å². The van der Waals surface area contributed by atoms with Crippen LogP contribution in [-0.2, 0) is 23.1 Å². The molecule has 1 saturated heterocycles. The molecule has 8 heteroatoms. The molecule has 0 spiro atoms. The number of aliphatic hydroxyl groups is 1. The summed E-state index contributed by atoms with van der Waals surface area (Å²) in [5.74, 6) is -1.20. The normalized spacial score (nSPS) is 17.5. The zero-order valence-electron chi connectivity index (χ0n) is 19.2. The molecule has 3 heterocycles. The Balaban J connectivity index is 1.55. The number of hydrogen-bond donors (Lipinski definition) is 1. The molecule has 1 N–H and O–H groups in total. The fourth-order valence-corrected chi connectivity index (χ4v) is 5.72. The lowest BCUT2D eigenvalue weighted by molar-refractivity contribution is -0.139. The summed E-state index contributed by atoms with van der Waals surface area (Å²) in [7, 11) is 3.47. The lowest BCUT2D eigenvalue weighted by Crippen LogP contribution is -2.31. The Bertz CT molecular complexity index is 1470. The second-order valence-corrected chi connectivity index (χ2v) is 9.78. The molecular weight excluding hydrogens is 484 g/mol. The zero-order valence-corrected chi connectivity index (χ0v) is 20.8. The van der Waals surface area contributed by atoms with Crippen LogP contribution < -0.4 is 4.74 Å². The predicted molar refractivity (Wildman–Crippen MR) is 138 cm³/mol. The van der Waals surface area contributed by atoms with Crippen molar-refractivity contribution in [3.05, 3.63) is 92.8 Å². The summed E-state index contributed by atoms with van der Waals surface area (Å²) in [6, 6.07) is 15.9. The number of likely N-dealkylation sites (tertiary alicyclic amines) is 1. The quantitative estimate of drug-likeness (QED) is 0.211. The number of methoxy groups -OCH3 is 1. The predicted octanol–water partition coefficient (Wildman–Crippen LogP) is 5.57. The van der Waals surface area contributed by atoms with Crippen molar-refractivity contribution in [2.24, 2.45) is 7.05 Å². The smallest absolute Gasteiger partial charge is 0.295 e. The molecule has 1 amide bonds. The van der Waals surface area contributed by atoms with Crippen molar-refractivity contribution in [3.8, 4) is 5.75 Å². The number of thiophene rings is 1. The van der Waals surface area contributed by atoms with Crippen molar-refractivity contribution < 1.29 is 19.4 Å². The highest BCUT2D eigenvalue weighted by Crippen LogP contribution is 2.42. The summed E-state index contributed by atoms with van der Waals surface area (Å²) in [6.07, 6.45) is 2.63. The van der Waals surface area contributed by atoms with Gasteiger partial charge < -0.3 is 19.3 Å². The number of para-hydroxylation sites is 1. The van der Waals surface area contributed by atoms with E-state index in [0.717, 1.165) is 21.3 Å². The van der Waals surface area contributed by atoms with Crippen molar-refractivity contribution in [1.82, 2.24) is 9.47 Å². The van der Waals surface area contributed by atoms with Crippen molar-refractivity contribution in [1.29, 1.82) is 0 Å². The average Bonchev–Trinajstić information content (AvgIpc) is 3.56. The standard InChI is InChI=1S/C27H23ClN2O4S/c1-29-15-17(18-6-3-4-7-20(18)29)11-12-30-24(22-8-5-13-35-22)23(26(32)27(30)33)25(31)16-9-10-19(28)21(14-16)34-2/h3-10,13-15,24,31H,11-12H2,1-2H3/b25-23-. The highest BCUT2D eigenvalue weighted by molar-refractivity contribution is 7.10. The second kappa shape index (κ2) is 9.24. The minimum absolute atomic E-state index is 0.0692. The summed E-state index contributed by atoms with van der Waals surface area (Å²) < 4.78 is 7.32. The molecule has 1 atom stereocenters. The monoisotopic (exact) mass is 506 g/mol. The molecular formula is C27H23ClN2O4S. The third-order valence-electron chi connectivity index (χ3n) is 6.38. The van der Waals surface area contributed by atoms with Crippen molar-refractivity contribution >= 4 is 51.3 Å². The first kappa shape index (κ1) is 23.2. The molecule has 4 aromatic rings. The number of nitrogens with zero attached hydrogens (tertiary/aromatic N) is 2. The molecule has 1 aliphatic heterocycles. The molecule has 6 nitrogen and oxygen atoms in total. The minimum atomic E-state index is -0.701. The highest BCUT2D eigenvalue weighted by Gasteiger charge is 2.46. The molecule has 5 rings (SSSR count). The lowest BCUT2D eigenvalue weighted by Gasteiger charge is -2.24. The molecule has 35 heavy (non-hydrogen) atoms. The van der Waals surface area contributed by atoms with E-state index in [1.807, 2.05) is 36.7 Å². The van der Waals surface area contributed by atoms with Gasteiger partial charge in [0.1, 0.15) is 11.5 Å². The second-order valence-electron chi connectivity index (χ2n) is 8.39. The van der Waals surface area contributed by atoms with Gasteiger partial charge in [-0.25, -0.2) is 0 Å². The highest BCUT2D eigenvalue weighted by atomic mass is 35.5. The van der Waals surface area contributed by atoms with Gasteiger partial charge >= 0.3 is 0 Å². The van der Waals surface area contributed by atoms with Crippen LogP contribution in [0.1, 0.15) is 22.0 Å². The van der Waals surface area contributed by atoms with Crippen LogP contribution in [0.5, 0.6) is 5.75 Å². The van der Waals surface area contributed by atoms with Gasteiger partial charge in [-0.1, -0.05) is 35.9 Å². The van der Waals surface area contributed by atoms with E-state index in [-0.39, 0.29) is 11.3 Å². The van der Waals surface area contributed by atoms with Crippen LogP contribution in [0.15, 0.2) is 71.7 Å². The maximum Gasteiger partial charge on any atom is 0.295 e. The number of aliphatic hydroxyl groups excluding tert-OH is 1. The molecule has 0 bridgehead atoms. The van der Waals surface area contributed by atoms with Gasteiger partial charge in [0, 0.05) is 41.1 Å². The van der Waals surface area contributed by atoms with Gasteiger partial charge in [0.05, 0.1) is 23.7 Å². The van der Waals surface area contributed by atoms with Gasteiger partial charge in [0.15, 0.2) is 0 Å². The first-order valence-electron chi connectivity index (χ1n) is 11.1. The van der Waals surface area contributed by atoms with E-state index in [2.05, 4.69) is 22.9 Å². The number of aromatic nitrogens is 1. The van der Waals surface area contributed by atoms with Crippen LogP contribution in [-0.4, -0.2) is 39.9 Å². The van der Waals surface area contributed by atoms with Crippen LogP contribution in [0.3, 0.4) is 0 Å². The number of Topliss-reactive ketones (excluding diaryl/α,β-unsaturated/α-hetero) is 1. The van der Waals surface area contributed by atoms with Gasteiger partial charge in [0.2, 0.25) is 0 Å². The van der Waals surface area contributed by atoms with E-state index in [4.69, 9.17) is 16.3 Å². The maximum absolute atomic E-state index is 13.2. The van der Waals surface area contributed by atoms with Crippen molar-refractivity contribution in [3.63, 3.8) is 0 Å². The first-order chi connectivity index (χ1) is 16.9. The summed E-state index contributed by atoms with van der Waals surface area (Å²) in [6.45, 7) is 0.335. The largest absolute Gasteiger partial charge is 0.507 e.